The van der Waals surface area contributed by atoms with E-state index in [9.17, 15) is 8.42 Å². The van der Waals surface area contributed by atoms with E-state index >= 15 is 0 Å². The Morgan fingerprint density at radius 3 is 2.38 bits per heavy atom. The van der Waals surface area contributed by atoms with Crippen LogP contribution < -0.4 is 4.46 Å². The van der Waals surface area contributed by atoms with Crippen LogP contribution in [0, 0.1) is 6.92 Å². The third kappa shape index (κ3) is 5.82. The van der Waals surface area contributed by atoms with Crippen LogP contribution in [0.25, 0.3) is 0 Å². The maximum absolute atomic E-state index is 12.3. The summed E-state index contributed by atoms with van der Waals surface area (Å²) in [4.78, 5) is 0.186. The predicted molar refractivity (Wildman–Crippen MR) is 98.9 cm³/mol. The molecule has 0 heterocycles. The molecule has 128 valence electrons. The zero-order chi connectivity index (χ0) is 17.4. The molecule has 24 heavy (non-hydrogen) atoms. The van der Waals surface area contributed by atoms with E-state index in [1.807, 2.05) is 25.1 Å². The minimum atomic E-state index is -3.76. The van der Waals surface area contributed by atoms with Crippen LogP contribution >= 0.6 is 0 Å². The Morgan fingerprint density at radius 2 is 1.75 bits per heavy atom. The summed E-state index contributed by atoms with van der Waals surface area (Å²) in [5.41, 5.74) is 1.01. The Labute approximate surface area is 151 Å². The molecule has 2 rings (SSSR count). The summed E-state index contributed by atoms with van der Waals surface area (Å²) in [6.07, 6.45) is 4.38. The van der Waals surface area contributed by atoms with Crippen LogP contribution in [-0.4, -0.2) is 23.4 Å². The van der Waals surface area contributed by atoms with Crippen LogP contribution in [0.3, 0.4) is 0 Å². The minimum absolute atomic E-state index is 0.0687. The summed E-state index contributed by atoms with van der Waals surface area (Å²) in [5.74, 6) is 0. The maximum atomic E-state index is 12.3. The van der Waals surface area contributed by atoms with Gasteiger partial charge in [-0.3, -0.25) is 0 Å². The van der Waals surface area contributed by atoms with E-state index < -0.39 is 10.1 Å². The molecule has 0 aliphatic rings. The molecule has 0 radical (unpaired) electrons. The van der Waals surface area contributed by atoms with E-state index in [-0.39, 0.29) is 19.9 Å². The molecule has 3 nitrogen and oxygen atoms in total. The second kappa shape index (κ2) is 9.07. The van der Waals surface area contributed by atoms with E-state index in [0.29, 0.717) is 0 Å². The van der Waals surface area contributed by atoms with Crippen molar-refractivity contribution in [3.05, 3.63) is 70.9 Å². The summed E-state index contributed by atoms with van der Waals surface area (Å²) in [6, 6.07) is 16.8. The molecule has 0 bridgehead atoms. The molecular formula is C19H22O3SSe. The van der Waals surface area contributed by atoms with Crippen molar-refractivity contribution in [1.82, 2.24) is 0 Å². The monoisotopic (exact) mass is 410 g/mol. The summed E-state index contributed by atoms with van der Waals surface area (Å²) >= 11 is 0.0687. The van der Waals surface area contributed by atoms with Crippen LogP contribution in [0.1, 0.15) is 31.7 Å². The average molecular weight is 409 g/mol. The van der Waals surface area contributed by atoms with Crippen molar-refractivity contribution in [1.29, 1.82) is 0 Å². The first-order chi connectivity index (χ1) is 11.5. The molecule has 0 atom stereocenters. The zero-order valence-electron chi connectivity index (χ0n) is 13.9. The van der Waals surface area contributed by atoms with E-state index in [1.165, 1.54) is 10.7 Å². The second-order valence-corrected chi connectivity index (χ2v) is 9.56. The van der Waals surface area contributed by atoms with Gasteiger partial charge in [0.15, 0.2) is 0 Å². The first kappa shape index (κ1) is 18.8. The molecule has 0 aliphatic heterocycles. The van der Waals surface area contributed by atoms with Crippen LogP contribution in [-0.2, 0) is 14.3 Å². The summed E-state index contributed by atoms with van der Waals surface area (Å²) in [6.45, 7) is 4.04. The van der Waals surface area contributed by atoms with E-state index in [2.05, 4.69) is 19.1 Å². The third-order valence-corrected chi connectivity index (χ3v) is 6.83. The molecule has 0 unspecified atom stereocenters. The van der Waals surface area contributed by atoms with Crippen molar-refractivity contribution < 1.29 is 12.6 Å². The van der Waals surface area contributed by atoms with Crippen molar-refractivity contribution in [3.63, 3.8) is 0 Å². The number of aryl methyl sites for hydroxylation is 1. The zero-order valence-corrected chi connectivity index (χ0v) is 16.5. The van der Waals surface area contributed by atoms with E-state index in [0.717, 1.165) is 29.3 Å². The van der Waals surface area contributed by atoms with Gasteiger partial charge in [0.2, 0.25) is 0 Å². The van der Waals surface area contributed by atoms with E-state index in [4.69, 9.17) is 4.18 Å². The van der Waals surface area contributed by atoms with Crippen molar-refractivity contribution in [2.45, 2.75) is 38.0 Å². The SMILES string of the molecule is CCCC/C(=C\OS(=O)(=O)c1ccc(C)cc1)[Se]c1ccccc1. The molecule has 0 aliphatic carbocycles. The molecule has 0 saturated heterocycles. The van der Waals surface area contributed by atoms with Crippen LogP contribution in [0.2, 0.25) is 0 Å². The van der Waals surface area contributed by atoms with Gasteiger partial charge < -0.3 is 0 Å². The van der Waals surface area contributed by atoms with Crippen molar-refractivity contribution in [2.24, 2.45) is 0 Å². The van der Waals surface area contributed by atoms with Crippen LogP contribution in [0.5, 0.6) is 0 Å². The molecule has 0 spiro atoms. The molecule has 0 saturated carbocycles. The number of unbranched alkanes of at least 4 members (excludes halogenated alkanes) is 1. The third-order valence-electron chi connectivity index (χ3n) is 3.38. The van der Waals surface area contributed by atoms with Crippen LogP contribution in [0.4, 0.5) is 0 Å². The molecular weight excluding hydrogens is 387 g/mol. The van der Waals surface area contributed by atoms with Gasteiger partial charge in [-0.25, -0.2) is 0 Å². The van der Waals surface area contributed by atoms with Gasteiger partial charge in [0.25, 0.3) is 0 Å². The van der Waals surface area contributed by atoms with Gasteiger partial charge in [-0.05, 0) is 0 Å². The van der Waals surface area contributed by atoms with Gasteiger partial charge >= 0.3 is 151 Å². The van der Waals surface area contributed by atoms with Gasteiger partial charge in [-0.1, -0.05) is 0 Å². The van der Waals surface area contributed by atoms with Crippen molar-refractivity contribution >= 4 is 29.5 Å². The Hall–Kier alpha value is -1.55. The number of rotatable bonds is 8. The first-order valence-electron chi connectivity index (χ1n) is 7.93. The Kier molecular flexibility index (Phi) is 7.10. The number of benzene rings is 2. The van der Waals surface area contributed by atoms with Gasteiger partial charge in [0.05, 0.1) is 0 Å². The van der Waals surface area contributed by atoms with Gasteiger partial charge in [-0.15, -0.1) is 0 Å². The first-order valence-corrected chi connectivity index (χ1v) is 11.1. The summed E-state index contributed by atoms with van der Waals surface area (Å²) in [7, 11) is -3.76. The van der Waals surface area contributed by atoms with Gasteiger partial charge in [0, 0.05) is 0 Å². The fourth-order valence-electron chi connectivity index (χ4n) is 2.00. The molecule has 0 fully saturated rings. The fourth-order valence-corrected chi connectivity index (χ4v) is 4.93. The van der Waals surface area contributed by atoms with Gasteiger partial charge in [-0.2, -0.15) is 0 Å². The average Bonchev–Trinajstić information content (AvgIpc) is 2.58. The molecule has 0 amide bonds. The summed E-state index contributed by atoms with van der Waals surface area (Å²) in [5, 5.41) is 0. The topological polar surface area (TPSA) is 43.4 Å². The molecule has 2 aromatic rings. The van der Waals surface area contributed by atoms with Crippen LogP contribution in [0.15, 0.2) is 70.2 Å². The summed E-state index contributed by atoms with van der Waals surface area (Å²) < 4.78 is 32.1. The molecule has 2 aromatic carbocycles. The number of hydrogen-bond acceptors (Lipinski definition) is 3. The van der Waals surface area contributed by atoms with Gasteiger partial charge in [0.1, 0.15) is 0 Å². The predicted octanol–water partition coefficient (Wildman–Crippen LogP) is 3.76. The quantitative estimate of drug-likeness (QED) is 0.379. The standard InChI is InChI=1S/C19H22O3SSe/c1-3-4-8-19(24-18-9-6-5-7-10-18)15-22-23(20,21)17-13-11-16(2)12-14-17/h5-7,9-15H,3-4,8H2,1-2H3/b19-15+. The Balaban J connectivity index is 2.14. The second-order valence-electron chi connectivity index (χ2n) is 5.47. The Bertz CT molecular complexity index is 766. The number of allylic oxidation sites excluding steroid dienone is 1. The fraction of sp³-hybridized carbons (Fsp3) is 0.263. The molecule has 0 aromatic heterocycles. The normalized spacial score (nSPS) is 12.2. The van der Waals surface area contributed by atoms with E-state index in [1.54, 1.807) is 24.3 Å². The van der Waals surface area contributed by atoms with Crippen molar-refractivity contribution in [2.75, 3.05) is 0 Å². The molecule has 5 heteroatoms. The number of hydrogen-bond donors (Lipinski definition) is 0. The Morgan fingerprint density at radius 1 is 1.08 bits per heavy atom. The molecule has 0 N–H and O–H groups in total. The van der Waals surface area contributed by atoms with Crippen molar-refractivity contribution in [3.8, 4) is 0 Å².